The van der Waals surface area contributed by atoms with Crippen LogP contribution in [-0.2, 0) is 24.9 Å². The van der Waals surface area contributed by atoms with E-state index in [0.29, 0.717) is 19.8 Å². The van der Waals surface area contributed by atoms with Crippen LogP contribution in [0.25, 0.3) is 0 Å². The first-order chi connectivity index (χ1) is 12.2. The number of ether oxygens (including phenoxy) is 2. The van der Waals surface area contributed by atoms with Gasteiger partial charge in [0.05, 0.1) is 20.3 Å². The van der Waals surface area contributed by atoms with Gasteiger partial charge in [0.1, 0.15) is 17.9 Å². The zero-order valence-electron chi connectivity index (χ0n) is 15.4. The predicted molar refractivity (Wildman–Crippen MR) is 112 cm³/mol. The number of benzene rings is 1. The lowest BCUT2D eigenvalue weighted by Gasteiger charge is -2.11. The molecule has 144 valence electrons. The lowest BCUT2D eigenvalue weighted by atomic mass is 10.2. The fourth-order valence-corrected chi connectivity index (χ4v) is 2.16. The molecule has 0 saturated heterocycles. The summed E-state index contributed by atoms with van der Waals surface area (Å²) in [4.78, 5) is 8.34. The molecule has 0 amide bonds. The summed E-state index contributed by atoms with van der Waals surface area (Å²) in [5, 5.41) is 10.5. The molecule has 1 aromatic carbocycles. The molecular weight excluding hydrogens is 447 g/mol. The third-order valence-electron chi connectivity index (χ3n) is 3.63. The Morgan fingerprint density at radius 2 is 2.00 bits per heavy atom. The molecule has 0 aliphatic carbocycles. The van der Waals surface area contributed by atoms with Crippen LogP contribution in [0.1, 0.15) is 17.8 Å². The second-order valence-corrected chi connectivity index (χ2v) is 5.41. The van der Waals surface area contributed by atoms with E-state index in [1.54, 1.807) is 18.8 Å². The molecule has 0 spiro atoms. The van der Waals surface area contributed by atoms with E-state index in [-0.39, 0.29) is 24.0 Å². The molecule has 9 heteroatoms. The lowest BCUT2D eigenvalue weighted by Crippen LogP contribution is -2.38. The summed E-state index contributed by atoms with van der Waals surface area (Å²) in [6.45, 7) is 2.63. The van der Waals surface area contributed by atoms with Crippen molar-refractivity contribution in [3.63, 3.8) is 0 Å². The fourth-order valence-electron chi connectivity index (χ4n) is 2.16. The molecule has 0 unspecified atom stereocenters. The van der Waals surface area contributed by atoms with Gasteiger partial charge in [0.15, 0.2) is 5.96 Å². The standard InChI is InChI=1S/C17H26N6O2.HI/c1-18-17(20-11-16-21-13-22-23(16)2)19-9-4-10-25-12-14-5-7-15(24-3)8-6-14;/h5-8,13H,4,9-12H2,1-3H3,(H2,18,19,20);1H. The summed E-state index contributed by atoms with van der Waals surface area (Å²) in [5.74, 6) is 2.44. The number of halogens is 1. The van der Waals surface area contributed by atoms with Crippen molar-refractivity contribution < 1.29 is 9.47 Å². The van der Waals surface area contributed by atoms with E-state index in [1.165, 1.54) is 6.33 Å². The van der Waals surface area contributed by atoms with E-state index in [2.05, 4.69) is 25.7 Å². The number of hydrogen-bond donors (Lipinski definition) is 2. The molecule has 2 aromatic rings. The third-order valence-corrected chi connectivity index (χ3v) is 3.63. The van der Waals surface area contributed by atoms with Gasteiger partial charge >= 0.3 is 0 Å². The Labute approximate surface area is 171 Å². The summed E-state index contributed by atoms with van der Waals surface area (Å²) in [6.07, 6.45) is 2.42. The highest BCUT2D eigenvalue weighted by molar-refractivity contribution is 14.0. The Balaban J connectivity index is 0.00000338. The molecule has 0 saturated carbocycles. The van der Waals surface area contributed by atoms with E-state index in [1.807, 2.05) is 31.3 Å². The Morgan fingerprint density at radius 3 is 2.62 bits per heavy atom. The van der Waals surface area contributed by atoms with E-state index >= 15 is 0 Å². The van der Waals surface area contributed by atoms with Crippen molar-refractivity contribution >= 4 is 29.9 Å². The largest absolute Gasteiger partial charge is 0.497 e. The molecular formula is C17H27IN6O2. The van der Waals surface area contributed by atoms with Gasteiger partial charge in [-0.1, -0.05) is 12.1 Å². The molecule has 1 aromatic heterocycles. The van der Waals surface area contributed by atoms with Gasteiger partial charge in [-0.25, -0.2) is 4.98 Å². The van der Waals surface area contributed by atoms with Crippen LogP contribution in [-0.4, -0.2) is 48.0 Å². The van der Waals surface area contributed by atoms with Crippen molar-refractivity contribution in [2.24, 2.45) is 12.0 Å². The molecule has 0 aliphatic rings. The topological polar surface area (TPSA) is 85.6 Å². The first-order valence-electron chi connectivity index (χ1n) is 8.21. The first-order valence-corrected chi connectivity index (χ1v) is 8.21. The van der Waals surface area contributed by atoms with Crippen molar-refractivity contribution in [2.45, 2.75) is 19.6 Å². The van der Waals surface area contributed by atoms with Crippen LogP contribution in [0.5, 0.6) is 5.75 Å². The van der Waals surface area contributed by atoms with E-state index in [9.17, 15) is 0 Å². The molecule has 2 N–H and O–H groups in total. The summed E-state index contributed by atoms with van der Waals surface area (Å²) < 4.78 is 12.5. The van der Waals surface area contributed by atoms with Crippen molar-refractivity contribution in [1.82, 2.24) is 25.4 Å². The molecule has 0 fully saturated rings. The maximum Gasteiger partial charge on any atom is 0.191 e. The monoisotopic (exact) mass is 474 g/mol. The summed E-state index contributed by atoms with van der Waals surface area (Å²) in [7, 11) is 5.26. The minimum absolute atomic E-state index is 0. The quantitative estimate of drug-likeness (QED) is 0.249. The fraction of sp³-hybridized carbons (Fsp3) is 0.471. The minimum atomic E-state index is 0. The first kappa shape index (κ1) is 22.2. The van der Waals surface area contributed by atoms with Gasteiger partial charge in [0, 0.05) is 27.2 Å². The highest BCUT2D eigenvalue weighted by Gasteiger charge is 2.02. The van der Waals surface area contributed by atoms with Crippen molar-refractivity contribution in [3.8, 4) is 5.75 Å². The van der Waals surface area contributed by atoms with Gasteiger partial charge in [-0.3, -0.25) is 9.67 Å². The SMILES string of the molecule is CN=C(NCCCOCc1ccc(OC)cc1)NCc1ncnn1C.I. The van der Waals surface area contributed by atoms with Gasteiger partial charge in [0.25, 0.3) is 0 Å². The van der Waals surface area contributed by atoms with Crippen LogP contribution in [0.15, 0.2) is 35.6 Å². The van der Waals surface area contributed by atoms with Crippen LogP contribution in [0.3, 0.4) is 0 Å². The van der Waals surface area contributed by atoms with Gasteiger partial charge in [-0.2, -0.15) is 5.10 Å². The normalized spacial score (nSPS) is 11.0. The number of methoxy groups -OCH3 is 1. The second kappa shape index (κ2) is 12.5. The number of nitrogens with one attached hydrogen (secondary N) is 2. The summed E-state index contributed by atoms with van der Waals surface area (Å²) in [5.41, 5.74) is 1.13. The lowest BCUT2D eigenvalue weighted by molar-refractivity contribution is 0.119. The zero-order chi connectivity index (χ0) is 17.9. The van der Waals surface area contributed by atoms with Gasteiger partial charge in [-0.05, 0) is 24.1 Å². The van der Waals surface area contributed by atoms with Gasteiger partial charge in [-0.15, -0.1) is 24.0 Å². The minimum Gasteiger partial charge on any atom is -0.497 e. The van der Waals surface area contributed by atoms with E-state index in [4.69, 9.17) is 9.47 Å². The molecule has 0 atom stereocenters. The molecule has 0 aliphatic heterocycles. The maximum absolute atomic E-state index is 5.68. The van der Waals surface area contributed by atoms with E-state index in [0.717, 1.165) is 36.1 Å². The Bertz CT molecular complexity index is 660. The Hall–Kier alpha value is -1.88. The van der Waals surface area contributed by atoms with Crippen LogP contribution in [0, 0.1) is 0 Å². The number of nitrogens with zero attached hydrogens (tertiary/aromatic N) is 4. The Kier molecular flexibility index (Phi) is 10.6. The summed E-state index contributed by atoms with van der Waals surface area (Å²) in [6, 6.07) is 7.89. The third kappa shape index (κ3) is 7.56. The molecule has 0 bridgehead atoms. The maximum atomic E-state index is 5.68. The number of guanidine groups is 1. The second-order valence-electron chi connectivity index (χ2n) is 5.41. The van der Waals surface area contributed by atoms with Crippen LogP contribution in [0.2, 0.25) is 0 Å². The highest BCUT2D eigenvalue weighted by atomic mass is 127. The van der Waals surface area contributed by atoms with Crippen molar-refractivity contribution in [1.29, 1.82) is 0 Å². The molecule has 1 heterocycles. The molecule has 8 nitrogen and oxygen atoms in total. The van der Waals surface area contributed by atoms with Crippen LogP contribution < -0.4 is 15.4 Å². The molecule has 2 rings (SSSR count). The number of aliphatic imine (C=N–C) groups is 1. The van der Waals surface area contributed by atoms with Gasteiger partial charge in [0.2, 0.25) is 0 Å². The number of rotatable bonds is 9. The molecule has 26 heavy (non-hydrogen) atoms. The predicted octanol–water partition coefficient (Wildman–Crippen LogP) is 1.71. The smallest absolute Gasteiger partial charge is 0.191 e. The van der Waals surface area contributed by atoms with Crippen LogP contribution >= 0.6 is 24.0 Å². The van der Waals surface area contributed by atoms with Gasteiger partial charge < -0.3 is 20.1 Å². The molecule has 0 radical (unpaired) electrons. The van der Waals surface area contributed by atoms with E-state index < -0.39 is 0 Å². The highest BCUT2D eigenvalue weighted by Crippen LogP contribution is 2.11. The summed E-state index contributed by atoms with van der Waals surface area (Å²) >= 11 is 0. The Morgan fingerprint density at radius 1 is 1.23 bits per heavy atom. The number of aryl methyl sites for hydroxylation is 1. The average Bonchev–Trinajstić information content (AvgIpc) is 3.06. The number of hydrogen-bond acceptors (Lipinski definition) is 5. The van der Waals surface area contributed by atoms with Crippen molar-refractivity contribution in [3.05, 3.63) is 42.0 Å². The van der Waals surface area contributed by atoms with Crippen molar-refractivity contribution in [2.75, 3.05) is 27.3 Å². The average molecular weight is 474 g/mol. The number of aromatic nitrogens is 3. The van der Waals surface area contributed by atoms with Crippen LogP contribution in [0.4, 0.5) is 0 Å². The zero-order valence-corrected chi connectivity index (χ0v) is 17.8.